The summed E-state index contributed by atoms with van der Waals surface area (Å²) in [6.45, 7) is 2.27. The van der Waals surface area contributed by atoms with Gasteiger partial charge in [0.25, 0.3) is 0 Å². The van der Waals surface area contributed by atoms with Crippen molar-refractivity contribution in [1.82, 2.24) is 0 Å². The van der Waals surface area contributed by atoms with Gasteiger partial charge < -0.3 is 5.73 Å². The summed E-state index contributed by atoms with van der Waals surface area (Å²) in [5.74, 6) is -0.159. The molecular formula is C20H40KNO. The van der Waals surface area contributed by atoms with Crippen molar-refractivity contribution >= 4 is 57.3 Å². The molecule has 23 heavy (non-hydrogen) atoms. The third-order valence-corrected chi connectivity index (χ3v) is 4.18. The molecule has 0 heterocycles. The number of rotatable bonds is 17. The first-order valence-electron chi connectivity index (χ1n) is 9.70. The molecule has 0 aliphatic carbocycles. The predicted molar refractivity (Wildman–Crippen MR) is 105 cm³/mol. The van der Waals surface area contributed by atoms with Crippen LogP contribution in [0.15, 0.2) is 12.2 Å². The first-order chi connectivity index (χ1) is 10.8. The summed E-state index contributed by atoms with van der Waals surface area (Å²) in [6.07, 6.45) is 24.9. The van der Waals surface area contributed by atoms with E-state index < -0.39 is 0 Å². The molecule has 0 atom stereocenters. The molecule has 1 amide bonds. The Morgan fingerprint density at radius 1 is 0.696 bits per heavy atom. The van der Waals surface area contributed by atoms with Crippen LogP contribution in [0.3, 0.4) is 0 Å². The molecule has 2 nitrogen and oxygen atoms in total. The van der Waals surface area contributed by atoms with Gasteiger partial charge in [0, 0.05) is 6.42 Å². The van der Waals surface area contributed by atoms with Crippen LogP contribution in [0.25, 0.3) is 0 Å². The maximum absolute atomic E-state index is 10.6. The number of nitrogens with two attached hydrogens (primary N) is 1. The van der Waals surface area contributed by atoms with Crippen LogP contribution >= 0.6 is 0 Å². The molecule has 0 aromatic heterocycles. The van der Waals surface area contributed by atoms with Crippen LogP contribution in [0.1, 0.15) is 110 Å². The van der Waals surface area contributed by atoms with E-state index >= 15 is 0 Å². The van der Waals surface area contributed by atoms with Crippen molar-refractivity contribution in [1.29, 1.82) is 0 Å². The molecule has 2 N–H and O–H groups in total. The van der Waals surface area contributed by atoms with E-state index in [2.05, 4.69) is 19.1 Å². The maximum atomic E-state index is 10.6. The van der Waals surface area contributed by atoms with Crippen molar-refractivity contribution in [2.75, 3.05) is 0 Å². The van der Waals surface area contributed by atoms with Gasteiger partial charge in [-0.1, -0.05) is 83.3 Å². The minimum atomic E-state index is -0.159. The SMILES string of the molecule is CCCCCCCC/C=C\CCCCCCCCCC(N)=O.[KH]. The summed E-state index contributed by atoms with van der Waals surface area (Å²) in [7, 11) is 0. The third-order valence-electron chi connectivity index (χ3n) is 4.18. The average molecular weight is 350 g/mol. The molecule has 0 unspecified atom stereocenters. The predicted octanol–water partition coefficient (Wildman–Crippen LogP) is 5.64. The summed E-state index contributed by atoms with van der Waals surface area (Å²) in [6, 6.07) is 0. The Balaban J connectivity index is 0. The molecule has 0 spiro atoms. The molecule has 0 radical (unpaired) electrons. The van der Waals surface area contributed by atoms with Crippen molar-refractivity contribution in [3.63, 3.8) is 0 Å². The molecule has 0 aliphatic rings. The van der Waals surface area contributed by atoms with Gasteiger partial charge in [0.1, 0.15) is 0 Å². The van der Waals surface area contributed by atoms with Crippen LogP contribution in [0.5, 0.6) is 0 Å². The average Bonchev–Trinajstić information content (AvgIpc) is 2.50. The van der Waals surface area contributed by atoms with Crippen LogP contribution in [0.4, 0.5) is 0 Å². The topological polar surface area (TPSA) is 43.1 Å². The van der Waals surface area contributed by atoms with Gasteiger partial charge >= 0.3 is 51.4 Å². The van der Waals surface area contributed by atoms with Crippen molar-refractivity contribution in [3.05, 3.63) is 12.2 Å². The second kappa shape index (κ2) is 22.8. The molecule has 132 valence electrons. The Kier molecular flexibility index (Phi) is 25.9. The van der Waals surface area contributed by atoms with E-state index in [0.717, 1.165) is 12.8 Å². The van der Waals surface area contributed by atoms with Crippen LogP contribution in [-0.2, 0) is 4.79 Å². The molecule has 0 bridgehead atoms. The minimum absolute atomic E-state index is 0. The fourth-order valence-electron chi connectivity index (χ4n) is 2.72. The number of hydrogen-bond donors (Lipinski definition) is 1. The van der Waals surface area contributed by atoms with Crippen LogP contribution in [0.2, 0.25) is 0 Å². The first kappa shape index (κ1) is 26.1. The molecule has 0 saturated carbocycles. The third kappa shape index (κ3) is 25.2. The van der Waals surface area contributed by atoms with Crippen LogP contribution in [0, 0.1) is 0 Å². The van der Waals surface area contributed by atoms with Gasteiger partial charge in [0.05, 0.1) is 0 Å². The Morgan fingerprint density at radius 2 is 1.09 bits per heavy atom. The van der Waals surface area contributed by atoms with Crippen LogP contribution in [-0.4, -0.2) is 57.3 Å². The molecule has 0 rings (SSSR count). The van der Waals surface area contributed by atoms with Crippen molar-refractivity contribution in [3.8, 4) is 0 Å². The number of unbranched alkanes of at least 4 members (excludes halogenated alkanes) is 13. The Morgan fingerprint density at radius 3 is 1.52 bits per heavy atom. The summed E-state index contributed by atoms with van der Waals surface area (Å²) in [5.41, 5.74) is 5.11. The van der Waals surface area contributed by atoms with Gasteiger partial charge in [0.15, 0.2) is 0 Å². The van der Waals surface area contributed by atoms with Crippen molar-refractivity contribution in [2.24, 2.45) is 5.73 Å². The number of hydrogen-bond acceptors (Lipinski definition) is 1. The van der Waals surface area contributed by atoms with E-state index in [9.17, 15) is 4.79 Å². The van der Waals surface area contributed by atoms with E-state index in [-0.39, 0.29) is 57.3 Å². The second-order valence-corrected chi connectivity index (χ2v) is 6.51. The quantitative estimate of drug-likeness (QED) is 0.206. The van der Waals surface area contributed by atoms with Gasteiger partial charge in [0.2, 0.25) is 5.91 Å². The zero-order valence-corrected chi connectivity index (χ0v) is 15.0. The molecule has 0 saturated heterocycles. The molecule has 3 heteroatoms. The second-order valence-electron chi connectivity index (χ2n) is 6.51. The first-order valence-corrected chi connectivity index (χ1v) is 9.70. The van der Waals surface area contributed by atoms with E-state index in [1.807, 2.05) is 0 Å². The monoisotopic (exact) mass is 349 g/mol. The number of carbonyl (C=O) groups is 1. The van der Waals surface area contributed by atoms with Gasteiger partial charge in [-0.15, -0.1) is 0 Å². The Hall–Kier alpha value is 0.846. The molecule has 0 aliphatic heterocycles. The summed E-state index contributed by atoms with van der Waals surface area (Å²) in [4.78, 5) is 10.6. The van der Waals surface area contributed by atoms with Gasteiger partial charge in [-0.2, -0.15) is 0 Å². The van der Waals surface area contributed by atoms with E-state index in [0.29, 0.717) is 6.42 Å². The Bertz CT molecular complexity index is 266. The normalized spacial score (nSPS) is 10.8. The zero-order chi connectivity index (χ0) is 16.3. The van der Waals surface area contributed by atoms with Gasteiger partial charge in [-0.3, -0.25) is 4.79 Å². The molecule has 0 fully saturated rings. The van der Waals surface area contributed by atoms with Gasteiger partial charge in [-0.25, -0.2) is 0 Å². The summed E-state index contributed by atoms with van der Waals surface area (Å²) in [5, 5.41) is 0. The van der Waals surface area contributed by atoms with Gasteiger partial charge in [-0.05, 0) is 32.1 Å². The number of allylic oxidation sites excluding steroid dienone is 2. The van der Waals surface area contributed by atoms with E-state index in [1.54, 1.807) is 0 Å². The molecular weight excluding hydrogens is 309 g/mol. The number of amides is 1. The molecule has 0 aromatic carbocycles. The van der Waals surface area contributed by atoms with Crippen molar-refractivity contribution < 1.29 is 4.79 Å². The summed E-state index contributed by atoms with van der Waals surface area (Å²) >= 11 is 0. The summed E-state index contributed by atoms with van der Waals surface area (Å²) < 4.78 is 0. The zero-order valence-electron chi connectivity index (χ0n) is 15.0. The fraction of sp³-hybridized carbons (Fsp3) is 0.850. The Labute approximate surface area is 187 Å². The van der Waals surface area contributed by atoms with Crippen LogP contribution < -0.4 is 5.73 Å². The number of carbonyl (C=O) groups excluding carboxylic acids is 1. The fourth-order valence-corrected chi connectivity index (χ4v) is 2.72. The number of primary amides is 1. The molecule has 0 aromatic rings. The van der Waals surface area contributed by atoms with E-state index in [1.165, 1.54) is 83.5 Å². The van der Waals surface area contributed by atoms with E-state index in [4.69, 9.17) is 5.73 Å². The van der Waals surface area contributed by atoms with Crippen molar-refractivity contribution in [2.45, 2.75) is 110 Å². The standard InChI is InChI=1S/C20H39NO.K.H/c1-2-3-4-5-6-7-8-9-10-11-12-13-14-15-16-17-18-19-20(21)22;;/h9-10H,2-8,11-19H2,1H3,(H2,21,22);;/b10-9-;;.